The van der Waals surface area contributed by atoms with Crippen molar-refractivity contribution in [1.82, 2.24) is 20.3 Å². The van der Waals surface area contributed by atoms with E-state index in [4.69, 9.17) is 9.47 Å². The van der Waals surface area contributed by atoms with Crippen LogP contribution in [0.3, 0.4) is 0 Å². The number of aromatic nitrogens is 3. The highest BCUT2D eigenvalue weighted by molar-refractivity contribution is 5.77. The van der Waals surface area contributed by atoms with Gasteiger partial charge in [0.2, 0.25) is 5.95 Å². The summed E-state index contributed by atoms with van der Waals surface area (Å²) in [5.41, 5.74) is 0. The lowest BCUT2D eigenvalue weighted by molar-refractivity contribution is -0.123. The first-order chi connectivity index (χ1) is 12.6. The van der Waals surface area contributed by atoms with Crippen molar-refractivity contribution in [3.8, 4) is 11.8 Å². The standard InChI is InChI=1S/C17H20FN5O3/c1-25-17-21-14(20-16(22-17)23-8-2-3-9-23)10-19-15(24)11-26-13-6-4-12(18)5-7-13/h4-7H,2-3,8-11H2,1H3,(H,19,24). The van der Waals surface area contributed by atoms with E-state index in [9.17, 15) is 9.18 Å². The fraction of sp³-hybridized carbons (Fsp3) is 0.412. The monoisotopic (exact) mass is 361 g/mol. The van der Waals surface area contributed by atoms with Gasteiger partial charge in [0.15, 0.2) is 12.4 Å². The summed E-state index contributed by atoms with van der Waals surface area (Å²) in [6.07, 6.45) is 2.20. The maximum atomic E-state index is 12.8. The zero-order valence-electron chi connectivity index (χ0n) is 14.4. The Morgan fingerprint density at radius 1 is 1.19 bits per heavy atom. The zero-order valence-corrected chi connectivity index (χ0v) is 14.4. The van der Waals surface area contributed by atoms with Crippen LogP contribution < -0.4 is 19.7 Å². The van der Waals surface area contributed by atoms with E-state index in [1.54, 1.807) is 0 Å². The molecule has 0 unspecified atom stereocenters. The van der Waals surface area contributed by atoms with Crippen molar-refractivity contribution < 1.29 is 18.7 Å². The Morgan fingerprint density at radius 2 is 1.92 bits per heavy atom. The molecule has 1 aromatic heterocycles. The minimum Gasteiger partial charge on any atom is -0.484 e. The molecule has 9 heteroatoms. The lowest BCUT2D eigenvalue weighted by Gasteiger charge is -2.16. The molecule has 0 spiro atoms. The van der Waals surface area contributed by atoms with Gasteiger partial charge in [-0.1, -0.05) is 0 Å². The molecule has 0 atom stereocenters. The fourth-order valence-electron chi connectivity index (χ4n) is 2.52. The van der Waals surface area contributed by atoms with E-state index in [1.165, 1.54) is 31.4 Å². The smallest absolute Gasteiger partial charge is 0.321 e. The molecule has 0 radical (unpaired) electrons. The topological polar surface area (TPSA) is 89.5 Å². The number of ether oxygens (including phenoxy) is 2. The Bertz CT molecular complexity index is 751. The van der Waals surface area contributed by atoms with Gasteiger partial charge in [0, 0.05) is 13.1 Å². The van der Waals surface area contributed by atoms with E-state index >= 15 is 0 Å². The van der Waals surface area contributed by atoms with Crippen molar-refractivity contribution >= 4 is 11.9 Å². The van der Waals surface area contributed by atoms with E-state index in [2.05, 4.69) is 25.2 Å². The van der Waals surface area contributed by atoms with Gasteiger partial charge >= 0.3 is 6.01 Å². The minimum absolute atomic E-state index is 0.130. The average Bonchev–Trinajstić information content (AvgIpc) is 3.20. The number of anilines is 1. The first kappa shape index (κ1) is 17.8. The molecule has 0 bridgehead atoms. The predicted octanol–water partition coefficient (Wildman–Crippen LogP) is 1.31. The largest absolute Gasteiger partial charge is 0.484 e. The number of amides is 1. The van der Waals surface area contributed by atoms with Crippen molar-refractivity contribution in [2.24, 2.45) is 0 Å². The summed E-state index contributed by atoms with van der Waals surface area (Å²) >= 11 is 0. The number of halogens is 1. The molecule has 8 nitrogen and oxygen atoms in total. The van der Waals surface area contributed by atoms with Crippen LogP contribution in [-0.4, -0.2) is 47.7 Å². The third kappa shape index (κ3) is 4.78. The van der Waals surface area contributed by atoms with Gasteiger partial charge in [0.1, 0.15) is 11.6 Å². The number of methoxy groups -OCH3 is 1. The molecule has 2 aromatic rings. The van der Waals surface area contributed by atoms with Gasteiger partial charge in [-0.2, -0.15) is 15.0 Å². The average molecular weight is 361 g/mol. The molecule has 1 saturated heterocycles. The van der Waals surface area contributed by atoms with Crippen LogP contribution in [0.15, 0.2) is 24.3 Å². The van der Waals surface area contributed by atoms with Crippen molar-refractivity contribution in [3.05, 3.63) is 35.9 Å². The van der Waals surface area contributed by atoms with Crippen LogP contribution in [0.25, 0.3) is 0 Å². The normalized spacial score (nSPS) is 13.5. The highest BCUT2D eigenvalue weighted by Crippen LogP contribution is 2.17. The number of carbonyl (C=O) groups is 1. The minimum atomic E-state index is -0.362. The Labute approximate surface area is 150 Å². The first-order valence-electron chi connectivity index (χ1n) is 8.33. The molecule has 0 aliphatic carbocycles. The second-order valence-electron chi connectivity index (χ2n) is 5.75. The molecule has 1 aliphatic rings. The van der Waals surface area contributed by atoms with Gasteiger partial charge in [-0.15, -0.1) is 0 Å². The quantitative estimate of drug-likeness (QED) is 0.795. The van der Waals surface area contributed by atoms with E-state index in [1.807, 2.05) is 0 Å². The number of hydrogen-bond acceptors (Lipinski definition) is 7. The predicted molar refractivity (Wildman–Crippen MR) is 91.6 cm³/mol. The number of rotatable bonds is 7. The molecule has 1 N–H and O–H groups in total. The summed E-state index contributed by atoms with van der Waals surface area (Å²) in [5.74, 6) is 0.686. The van der Waals surface area contributed by atoms with Crippen molar-refractivity contribution in [3.63, 3.8) is 0 Å². The van der Waals surface area contributed by atoms with Crippen LogP contribution in [0.5, 0.6) is 11.8 Å². The summed E-state index contributed by atoms with van der Waals surface area (Å²) in [6.45, 7) is 1.73. The molecule has 138 valence electrons. The molecule has 2 heterocycles. The zero-order chi connectivity index (χ0) is 18.4. The second-order valence-corrected chi connectivity index (χ2v) is 5.75. The number of nitrogens with one attached hydrogen (secondary N) is 1. The van der Waals surface area contributed by atoms with Gasteiger partial charge in [-0.25, -0.2) is 4.39 Å². The fourth-order valence-corrected chi connectivity index (χ4v) is 2.52. The van der Waals surface area contributed by atoms with Crippen LogP contribution >= 0.6 is 0 Å². The number of benzene rings is 1. The van der Waals surface area contributed by atoms with Crippen LogP contribution in [0.2, 0.25) is 0 Å². The van der Waals surface area contributed by atoms with E-state index < -0.39 is 0 Å². The third-order valence-electron chi connectivity index (χ3n) is 3.85. The van der Waals surface area contributed by atoms with E-state index in [-0.39, 0.29) is 30.9 Å². The van der Waals surface area contributed by atoms with Crippen LogP contribution in [-0.2, 0) is 11.3 Å². The van der Waals surface area contributed by atoms with Gasteiger partial charge in [0.05, 0.1) is 13.7 Å². The Morgan fingerprint density at radius 3 is 2.62 bits per heavy atom. The summed E-state index contributed by atoms with van der Waals surface area (Å²) in [4.78, 5) is 26.8. The van der Waals surface area contributed by atoms with Gasteiger partial charge in [-0.3, -0.25) is 4.79 Å². The van der Waals surface area contributed by atoms with Gasteiger partial charge in [0.25, 0.3) is 5.91 Å². The molecular weight excluding hydrogens is 341 g/mol. The van der Waals surface area contributed by atoms with E-state index in [0.29, 0.717) is 17.5 Å². The maximum absolute atomic E-state index is 12.8. The highest BCUT2D eigenvalue weighted by Gasteiger charge is 2.18. The van der Waals surface area contributed by atoms with E-state index in [0.717, 1.165) is 25.9 Å². The SMILES string of the molecule is COc1nc(CNC(=O)COc2ccc(F)cc2)nc(N2CCCC2)n1. The summed E-state index contributed by atoms with van der Waals surface area (Å²) in [5, 5.41) is 2.68. The van der Waals surface area contributed by atoms with Crippen LogP contribution in [0, 0.1) is 5.82 Å². The summed E-state index contributed by atoms with van der Waals surface area (Å²) in [6, 6.07) is 5.67. The molecule has 1 aromatic carbocycles. The van der Waals surface area contributed by atoms with Gasteiger partial charge in [-0.05, 0) is 37.1 Å². The molecule has 26 heavy (non-hydrogen) atoms. The van der Waals surface area contributed by atoms with Crippen LogP contribution in [0.1, 0.15) is 18.7 Å². The maximum Gasteiger partial charge on any atom is 0.321 e. The number of hydrogen-bond donors (Lipinski definition) is 1. The molecule has 1 amide bonds. The lowest BCUT2D eigenvalue weighted by atomic mass is 10.3. The molecule has 1 fully saturated rings. The third-order valence-corrected chi connectivity index (χ3v) is 3.85. The van der Waals surface area contributed by atoms with Crippen LogP contribution in [0.4, 0.5) is 10.3 Å². The Balaban J connectivity index is 1.55. The van der Waals surface area contributed by atoms with Crippen molar-refractivity contribution in [2.45, 2.75) is 19.4 Å². The summed E-state index contributed by atoms with van der Waals surface area (Å²) < 4.78 is 23.2. The molecule has 0 saturated carbocycles. The lowest BCUT2D eigenvalue weighted by Crippen LogP contribution is -2.30. The number of nitrogens with zero attached hydrogens (tertiary/aromatic N) is 4. The first-order valence-corrected chi connectivity index (χ1v) is 8.33. The molecule has 1 aliphatic heterocycles. The van der Waals surface area contributed by atoms with Crippen molar-refractivity contribution in [1.29, 1.82) is 0 Å². The Hall–Kier alpha value is -2.97. The van der Waals surface area contributed by atoms with Gasteiger partial charge < -0.3 is 19.7 Å². The van der Waals surface area contributed by atoms with Crippen molar-refractivity contribution in [2.75, 3.05) is 31.7 Å². The Kier molecular flexibility index (Phi) is 5.77. The number of carbonyl (C=O) groups excluding carboxylic acids is 1. The molecule has 3 rings (SSSR count). The summed E-state index contributed by atoms with van der Waals surface area (Å²) in [7, 11) is 1.49. The molecular formula is C17H20FN5O3. The second kappa shape index (κ2) is 8.41. The highest BCUT2D eigenvalue weighted by atomic mass is 19.1.